The Labute approximate surface area is 91.0 Å². The summed E-state index contributed by atoms with van der Waals surface area (Å²) >= 11 is 0. The third-order valence-electron chi connectivity index (χ3n) is 3.78. The van der Waals surface area contributed by atoms with Gasteiger partial charge < -0.3 is 15.0 Å². The van der Waals surface area contributed by atoms with E-state index in [4.69, 9.17) is 4.74 Å². The first-order chi connectivity index (χ1) is 7.26. The summed E-state index contributed by atoms with van der Waals surface area (Å²) in [6.45, 7) is 4.32. The van der Waals surface area contributed by atoms with E-state index < -0.39 is 0 Å². The van der Waals surface area contributed by atoms with Crippen LogP contribution in [-0.4, -0.2) is 50.7 Å². The fraction of sp³-hybridized carbons (Fsp3) is 0.909. The van der Waals surface area contributed by atoms with Gasteiger partial charge in [0.2, 0.25) is 5.91 Å². The van der Waals surface area contributed by atoms with Crippen molar-refractivity contribution in [3.05, 3.63) is 0 Å². The van der Waals surface area contributed by atoms with Crippen LogP contribution < -0.4 is 5.32 Å². The quantitative estimate of drug-likeness (QED) is 0.712. The number of nitrogens with zero attached hydrogens (tertiary/aromatic N) is 1. The van der Waals surface area contributed by atoms with Gasteiger partial charge in [-0.15, -0.1) is 0 Å². The summed E-state index contributed by atoms with van der Waals surface area (Å²) in [5, 5.41) is 3.42. The lowest BCUT2D eigenvalue weighted by atomic mass is 9.78. The maximum Gasteiger partial charge on any atom is 0.248 e. The van der Waals surface area contributed by atoms with Gasteiger partial charge >= 0.3 is 0 Å². The molecule has 0 aliphatic carbocycles. The average Bonchev–Trinajstić information content (AvgIpc) is 2.68. The number of amides is 1. The Morgan fingerprint density at radius 1 is 1.40 bits per heavy atom. The average molecular weight is 212 g/mol. The molecule has 2 fully saturated rings. The lowest BCUT2D eigenvalue weighted by molar-refractivity contribution is -0.137. The molecule has 1 N–H and O–H groups in total. The number of hydrogen-bond acceptors (Lipinski definition) is 3. The molecule has 1 amide bonds. The second-order valence-electron chi connectivity index (χ2n) is 4.74. The van der Waals surface area contributed by atoms with Crippen LogP contribution in [0.2, 0.25) is 0 Å². The summed E-state index contributed by atoms with van der Waals surface area (Å²) in [6, 6.07) is 0. The SMILES string of the molecule is COCC(=O)N1CCC2(CCNC2)CC1. The van der Waals surface area contributed by atoms with Gasteiger partial charge in [-0.1, -0.05) is 0 Å². The van der Waals surface area contributed by atoms with Crippen LogP contribution in [0.1, 0.15) is 19.3 Å². The van der Waals surface area contributed by atoms with Crippen LogP contribution in [0.5, 0.6) is 0 Å². The Morgan fingerprint density at radius 2 is 2.13 bits per heavy atom. The van der Waals surface area contributed by atoms with Gasteiger partial charge in [-0.25, -0.2) is 0 Å². The maximum atomic E-state index is 11.6. The highest BCUT2D eigenvalue weighted by atomic mass is 16.5. The molecule has 0 radical (unpaired) electrons. The van der Waals surface area contributed by atoms with Crippen molar-refractivity contribution in [1.29, 1.82) is 0 Å². The molecule has 0 unspecified atom stereocenters. The molecular formula is C11H20N2O2. The number of methoxy groups -OCH3 is 1. The van der Waals surface area contributed by atoms with Crippen molar-refractivity contribution in [1.82, 2.24) is 10.2 Å². The van der Waals surface area contributed by atoms with E-state index in [2.05, 4.69) is 5.32 Å². The van der Waals surface area contributed by atoms with Crippen LogP contribution in [0.15, 0.2) is 0 Å². The Hall–Kier alpha value is -0.610. The van der Waals surface area contributed by atoms with Crippen LogP contribution in [0.3, 0.4) is 0 Å². The van der Waals surface area contributed by atoms with Gasteiger partial charge in [0, 0.05) is 26.7 Å². The van der Waals surface area contributed by atoms with Gasteiger partial charge in [-0.2, -0.15) is 0 Å². The highest BCUT2D eigenvalue weighted by molar-refractivity contribution is 5.77. The third kappa shape index (κ3) is 2.32. The number of carbonyl (C=O) groups is 1. The van der Waals surface area contributed by atoms with Crippen molar-refractivity contribution in [3.8, 4) is 0 Å². The lowest BCUT2D eigenvalue weighted by Gasteiger charge is -2.38. The first-order valence-corrected chi connectivity index (χ1v) is 5.73. The number of hydrogen-bond donors (Lipinski definition) is 1. The smallest absolute Gasteiger partial charge is 0.248 e. The Morgan fingerprint density at radius 3 is 2.67 bits per heavy atom. The fourth-order valence-corrected chi connectivity index (χ4v) is 2.67. The summed E-state index contributed by atoms with van der Waals surface area (Å²) in [5.74, 6) is 0.137. The Balaban J connectivity index is 1.83. The van der Waals surface area contributed by atoms with Crippen LogP contribution in [0, 0.1) is 5.41 Å². The topological polar surface area (TPSA) is 41.6 Å². The molecule has 15 heavy (non-hydrogen) atoms. The fourth-order valence-electron chi connectivity index (χ4n) is 2.67. The molecule has 0 aromatic heterocycles. The van der Waals surface area contributed by atoms with E-state index in [-0.39, 0.29) is 12.5 Å². The minimum absolute atomic E-state index is 0.137. The number of likely N-dealkylation sites (tertiary alicyclic amines) is 1. The zero-order chi connectivity index (χ0) is 10.7. The van der Waals surface area contributed by atoms with Gasteiger partial charge in [-0.05, 0) is 31.2 Å². The van der Waals surface area contributed by atoms with Crippen molar-refractivity contribution in [3.63, 3.8) is 0 Å². The van der Waals surface area contributed by atoms with E-state index in [1.54, 1.807) is 7.11 Å². The number of nitrogens with one attached hydrogen (secondary N) is 1. The molecule has 2 aliphatic heterocycles. The Kier molecular flexibility index (Phi) is 3.26. The van der Waals surface area contributed by atoms with Gasteiger partial charge in [-0.3, -0.25) is 4.79 Å². The predicted molar refractivity (Wildman–Crippen MR) is 57.6 cm³/mol. The zero-order valence-corrected chi connectivity index (χ0v) is 9.42. The minimum atomic E-state index is 0.137. The van der Waals surface area contributed by atoms with Crippen LogP contribution >= 0.6 is 0 Å². The van der Waals surface area contributed by atoms with Gasteiger partial charge in [0.15, 0.2) is 0 Å². The summed E-state index contributed by atoms with van der Waals surface area (Å²) in [5.41, 5.74) is 0.490. The molecular weight excluding hydrogens is 192 g/mol. The Bertz CT molecular complexity index is 227. The summed E-state index contributed by atoms with van der Waals surface area (Å²) in [6.07, 6.45) is 3.57. The first kappa shape index (κ1) is 10.9. The molecule has 4 heteroatoms. The van der Waals surface area contributed by atoms with Crippen molar-refractivity contribution in [2.45, 2.75) is 19.3 Å². The maximum absolute atomic E-state index is 11.6. The predicted octanol–water partition coefficient (Wildman–Crippen LogP) is 0.235. The largest absolute Gasteiger partial charge is 0.375 e. The van der Waals surface area contributed by atoms with Crippen molar-refractivity contribution in [2.24, 2.45) is 5.41 Å². The molecule has 1 spiro atoms. The molecule has 2 heterocycles. The molecule has 0 bridgehead atoms. The summed E-state index contributed by atoms with van der Waals surface area (Å²) in [4.78, 5) is 13.5. The molecule has 2 saturated heterocycles. The van der Waals surface area contributed by atoms with Crippen LogP contribution in [-0.2, 0) is 9.53 Å². The molecule has 4 nitrogen and oxygen atoms in total. The number of rotatable bonds is 2. The summed E-state index contributed by atoms with van der Waals surface area (Å²) < 4.78 is 4.87. The van der Waals surface area contributed by atoms with E-state index in [1.807, 2.05) is 4.90 Å². The van der Waals surface area contributed by atoms with E-state index >= 15 is 0 Å². The van der Waals surface area contributed by atoms with Gasteiger partial charge in [0.05, 0.1) is 0 Å². The van der Waals surface area contributed by atoms with E-state index in [1.165, 1.54) is 6.42 Å². The molecule has 0 saturated carbocycles. The summed E-state index contributed by atoms with van der Waals surface area (Å²) in [7, 11) is 1.57. The van der Waals surface area contributed by atoms with Gasteiger partial charge in [0.25, 0.3) is 0 Å². The zero-order valence-electron chi connectivity index (χ0n) is 9.42. The number of ether oxygens (including phenoxy) is 1. The van der Waals surface area contributed by atoms with E-state index in [0.717, 1.165) is 39.0 Å². The third-order valence-corrected chi connectivity index (χ3v) is 3.78. The first-order valence-electron chi connectivity index (χ1n) is 5.73. The van der Waals surface area contributed by atoms with Crippen molar-refractivity contribution in [2.75, 3.05) is 39.9 Å². The molecule has 86 valence electrons. The van der Waals surface area contributed by atoms with Crippen molar-refractivity contribution >= 4 is 5.91 Å². The second-order valence-corrected chi connectivity index (χ2v) is 4.74. The lowest BCUT2D eigenvalue weighted by Crippen LogP contribution is -2.45. The second kappa shape index (κ2) is 4.49. The van der Waals surface area contributed by atoms with Crippen LogP contribution in [0.25, 0.3) is 0 Å². The molecule has 0 aromatic carbocycles. The van der Waals surface area contributed by atoms with Crippen LogP contribution in [0.4, 0.5) is 0 Å². The number of piperidine rings is 1. The number of carbonyl (C=O) groups excluding carboxylic acids is 1. The van der Waals surface area contributed by atoms with Gasteiger partial charge in [0.1, 0.15) is 6.61 Å². The highest BCUT2D eigenvalue weighted by Crippen LogP contribution is 2.36. The highest BCUT2D eigenvalue weighted by Gasteiger charge is 2.37. The normalized spacial score (nSPS) is 24.7. The van der Waals surface area contributed by atoms with E-state index in [0.29, 0.717) is 5.41 Å². The molecule has 2 aliphatic rings. The standard InChI is InChI=1S/C11H20N2O2/c1-15-8-10(14)13-6-3-11(4-7-13)2-5-12-9-11/h12H,2-9H2,1H3. The van der Waals surface area contributed by atoms with E-state index in [9.17, 15) is 4.79 Å². The monoisotopic (exact) mass is 212 g/mol. The molecule has 2 rings (SSSR count). The molecule has 0 aromatic rings. The molecule has 0 atom stereocenters. The minimum Gasteiger partial charge on any atom is -0.375 e. The van der Waals surface area contributed by atoms with Crippen molar-refractivity contribution < 1.29 is 9.53 Å².